The summed E-state index contributed by atoms with van der Waals surface area (Å²) < 4.78 is 0. The van der Waals surface area contributed by atoms with E-state index in [2.05, 4.69) is 17.1 Å². The van der Waals surface area contributed by atoms with Crippen molar-refractivity contribution in [3.05, 3.63) is 54.9 Å². The van der Waals surface area contributed by atoms with E-state index < -0.39 is 11.9 Å². The molecule has 18 heavy (non-hydrogen) atoms. The minimum atomic E-state index is -1.26. The number of carboxylic acid groups (broad SMARTS) is 2. The van der Waals surface area contributed by atoms with Gasteiger partial charge < -0.3 is 10.2 Å². The van der Waals surface area contributed by atoms with E-state index >= 15 is 0 Å². The Balaban J connectivity index is 0.000000187. The average molecular weight is 245 g/mol. The maximum Gasteiger partial charge on any atom is 0.328 e. The van der Waals surface area contributed by atoms with Crippen molar-refractivity contribution in [3.63, 3.8) is 0 Å². The van der Waals surface area contributed by atoms with Gasteiger partial charge in [0.05, 0.1) is 0 Å². The van der Waals surface area contributed by atoms with E-state index in [1.165, 1.54) is 10.8 Å². The molecule has 5 nitrogen and oxygen atoms in total. The monoisotopic (exact) mass is 245 g/mol. The van der Waals surface area contributed by atoms with E-state index in [9.17, 15) is 9.59 Å². The molecule has 1 heterocycles. The van der Waals surface area contributed by atoms with Gasteiger partial charge in [0, 0.05) is 24.5 Å². The van der Waals surface area contributed by atoms with Crippen LogP contribution in [0.15, 0.2) is 54.9 Å². The molecule has 0 aliphatic rings. The van der Waals surface area contributed by atoms with Crippen molar-refractivity contribution in [2.75, 3.05) is 0 Å². The van der Waals surface area contributed by atoms with Crippen LogP contribution in [0.2, 0.25) is 0 Å². The molecular formula is C13H11NO4. The van der Waals surface area contributed by atoms with Crippen LogP contribution in [0.1, 0.15) is 0 Å². The fourth-order valence-corrected chi connectivity index (χ4v) is 1.17. The summed E-state index contributed by atoms with van der Waals surface area (Å²) in [4.78, 5) is 23.1. The fourth-order valence-electron chi connectivity index (χ4n) is 1.17. The molecule has 1 aromatic carbocycles. The zero-order chi connectivity index (χ0) is 13.4. The highest BCUT2D eigenvalue weighted by molar-refractivity contribution is 5.89. The summed E-state index contributed by atoms with van der Waals surface area (Å²) in [6.07, 6.45) is 4.79. The summed E-state index contributed by atoms with van der Waals surface area (Å²) in [5, 5.41) is 18.1. The first-order valence-electron chi connectivity index (χ1n) is 5.02. The highest BCUT2D eigenvalue weighted by atomic mass is 16.4. The van der Waals surface area contributed by atoms with Gasteiger partial charge in [-0.15, -0.1) is 0 Å². The van der Waals surface area contributed by atoms with Crippen molar-refractivity contribution in [3.8, 4) is 0 Å². The Hall–Kier alpha value is -2.69. The number of hydrogen-bond acceptors (Lipinski definition) is 3. The predicted octanol–water partition coefficient (Wildman–Crippen LogP) is 1.95. The standard InChI is InChI=1S/C9H7N.C4H4O4/c1-2-4-9-7-10-6-5-8(9)3-1;5-3(6)1-2-4(7)8/h1-7H;1-2H,(H,5,6)(H,7,8). The molecule has 2 aromatic rings. The van der Waals surface area contributed by atoms with Gasteiger partial charge in [0.2, 0.25) is 0 Å². The van der Waals surface area contributed by atoms with Crippen molar-refractivity contribution >= 4 is 22.7 Å². The van der Waals surface area contributed by atoms with Gasteiger partial charge in [-0.05, 0) is 16.8 Å². The Bertz CT molecular complexity index is 496. The number of nitrogens with zero attached hydrogens (tertiary/aromatic N) is 1. The molecule has 1 aromatic heterocycles. The number of fused-ring (bicyclic) bond motifs is 1. The van der Waals surface area contributed by atoms with Crippen LogP contribution in [-0.4, -0.2) is 27.1 Å². The minimum Gasteiger partial charge on any atom is -0.478 e. The van der Waals surface area contributed by atoms with Crippen molar-refractivity contribution < 1.29 is 19.8 Å². The Morgan fingerprint density at radius 3 is 2.00 bits per heavy atom. The summed E-state index contributed by atoms with van der Waals surface area (Å²) >= 11 is 0. The molecule has 92 valence electrons. The molecule has 0 radical (unpaired) electrons. The van der Waals surface area contributed by atoms with Crippen LogP contribution in [0.5, 0.6) is 0 Å². The number of benzene rings is 1. The highest BCUT2D eigenvalue weighted by Crippen LogP contribution is 2.09. The van der Waals surface area contributed by atoms with Crippen LogP contribution in [0, 0.1) is 0 Å². The molecule has 0 fully saturated rings. The maximum atomic E-state index is 9.55. The first-order chi connectivity index (χ1) is 8.59. The van der Waals surface area contributed by atoms with Gasteiger partial charge in [-0.3, -0.25) is 4.98 Å². The first kappa shape index (κ1) is 13.4. The number of rotatable bonds is 2. The van der Waals surface area contributed by atoms with Gasteiger partial charge >= 0.3 is 11.9 Å². The molecule has 0 atom stereocenters. The predicted molar refractivity (Wildman–Crippen MR) is 66.2 cm³/mol. The lowest BCUT2D eigenvalue weighted by molar-refractivity contribution is -0.134. The third-order valence-electron chi connectivity index (χ3n) is 1.92. The van der Waals surface area contributed by atoms with Crippen LogP contribution in [-0.2, 0) is 9.59 Å². The van der Waals surface area contributed by atoms with Gasteiger partial charge in [-0.25, -0.2) is 9.59 Å². The van der Waals surface area contributed by atoms with Crippen molar-refractivity contribution in [1.29, 1.82) is 0 Å². The maximum absolute atomic E-state index is 9.55. The zero-order valence-electron chi connectivity index (χ0n) is 9.35. The van der Waals surface area contributed by atoms with Crippen LogP contribution in [0.3, 0.4) is 0 Å². The van der Waals surface area contributed by atoms with Gasteiger partial charge in [-0.1, -0.05) is 24.3 Å². The second-order valence-electron chi connectivity index (χ2n) is 3.23. The van der Waals surface area contributed by atoms with E-state index in [0.29, 0.717) is 12.2 Å². The van der Waals surface area contributed by atoms with Crippen LogP contribution in [0.4, 0.5) is 0 Å². The lowest BCUT2D eigenvalue weighted by Crippen LogP contribution is -1.91. The van der Waals surface area contributed by atoms with Crippen molar-refractivity contribution in [2.45, 2.75) is 0 Å². The third kappa shape index (κ3) is 4.89. The van der Waals surface area contributed by atoms with Crippen LogP contribution < -0.4 is 0 Å². The molecule has 5 heteroatoms. The molecule has 0 unspecified atom stereocenters. The second kappa shape index (κ2) is 6.80. The molecule has 0 saturated heterocycles. The number of carbonyl (C=O) groups is 2. The molecular weight excluding hydrogens is 234 g/mol. The normalized spacial score (nSPS) is 9.78. The Morgan fingerprint density at radius 2 is 1.50 bits per heavy atom. The van der Waals surface area contributed by atoms with Gasteiger partial charge in [0.1, 0.15) is 0 Å². The lowest BCUT2D eigenvalue weighted by atomic mass is 10.2. The number of carboxylic acids is 2. The van der Waals surface area contributed by atoms with Crippen LogP contribution in [0.25, 0.3) is 10.8 Å². The van der Waals surface area contributed by atoms with E-state index in [0.717, 1.165) is 0 Å². The van der Waals surface area contributed by atoms with E-state index in [1.807, 2.05) is 30.6 Å². The van der Waals surface area contributed by atoms with Crippen molar-refractivity contribution in [2.24, 2.45) is 0 Å². The SMILES string of the molecule is O=C(O)C=CC(=O)O.c1ccc2cnccc2c1. The smallest absolute Gasteiger partial charge is 0.328 e. The van der Waals surface area contributed by atoms with Crippen molar-refractivity contribution in [1.82, 2.24) is 4.98 Å². The summed E-state index contributed by atoms with van der Waals surface area (Å²) in [5.41, 5.74) is 0. The summed E-state index contributed by atoms with van der Waals surface area (Å²) in [7, 11) is 0. The average Bonchev–Trinajstić information content (AvgIpc) is 2.37. The molecule has 0 bridgehead atoms. The number of hydrogen-bond donors (Lipinski definition) is 2. The van der Waals surface area contributed by atoms with E-state index in [4.69, 9.17) is 10.2 Å². The third-order valence-corrected chi connectivity index (χ3v) is 1.92. The minimum absolute atomic E-state index is 0.558. The Morgan fingerprint density at radius 1 is 0.944 bits per heavy atom. The van der Waals surface area contributed by atoms with Gasteiger partial charge in [0.25, 0.3) is 0 Å². The molecule has 2 rings (SSSR count). The Labute approximate surface area is 103 Å². The first-order valence-corrected chi connectivity index (χ1v) is 5.02. The summed E-state index contributed by atoms with van der Waals surface area (Å²) in [5.74, 6) is -2.51. The van der Waals surface area contributed by atoms with E-state index in [-0.39, 0.29) is 0 Å². The number of aliphatic carboxylic acids is 2. The lowest BCUT2D eigenvalue weighted by Gasteiger charge is -1.91. The zero-order valence-corrected chi connectivity index (χ0v) is 9.35. The number of aromatic nitrogens is 1. The summed E-state index contributed by atoms with van der Waals surface area (Å²) in [6, 6.07) is 10.2. The highest BCUT2D eigenvalue weighted by Gasteiger charge is 1.88. The molecule has 0 saturated carbocycles. The molecule has 2 N–H and O–H groups in total. The summed E-state index contributed by atoms with van der Waals surface area (Å²) in [6.45, 7) is 0. The topological polar surface area (TPSA) is 87.5 Å². The second-order valence-corrected chi connectivity index (χ2v) is 3.23. The molecule has 0 aliphatic carbocycles. The van der Waals surface area contributed by atoms with E-state index in [1.54, 1.807) is 0 Å². The molecule has 0 aliphatic heterocycles. The molecule has 0 spiro atoms. The van der Waals surface area contributed by atoms with Crippen LogP contribution >= 0.6 is 0 Å². The Kier molecular flexibility index (Phi) is 5.05. The fraction of sp³-hybridized carbons (Fsp3) is 0. The number of pyridine rings is 1. The molecule has 0 amide bonds. The quantitative estimate of drug-likeness (QED) is 0.789. The van der Waals surface area contributed by atoms with Gasteiger partial charge in [-0.2, -0.15) is 0 Å². The largest absolute Gasteiger partial charge is 0.478 e. The van der Waals surface area contributed by atoms with Gasteiger partial charge in [0.15, 0.2) is 0 Å².